The van der Waals surface area contributed by atoms with E-state index in [1.807, 2.05) is 6.07 Å². The maximum absolute atomic E-state index is 11.7. The van der Waals surface area contributed by atoms with Gasteiger partial charge in [-0.15, -0.1) is 11.3 Å². The maximum atomic E-state index is 11.7. The number of nitrogens with zero attached hydrogens (tertiary/aromatic N) is 2. The quantitative estimate of drug-likeness (QED) is 0.641. The zero-order valence-electron chi connectivity index (χ0n) is 9.79. The molecule has 0 aliphatic carbocycles. The molecule has 6 nitrogen and oxygen atoms in total. The second-order valence-corrected chi connectivity index (χ2v) is 4.31. The summed E-state index contributed by atoms with van der Waals surface area (Å²) in [5, 5.41) is 16.7. The predicted octanol–water partition coefficient (Wildman–Crippen LogP) is 1.87. The molecule has 0 saturated carbocycles. The van der Waals surface area contributed by atoms with E-state index in [0.29, 0.717) is 10.9 Å². The van der Waals surface area contributed by atoms with Crippen molar-refractivity contribution in [3.63, 3.8) is 0 Å². The number of hydrogen-bond acceptors (Lipinski definition) is 6. The van der Waals surface area contributed by atoms with Crippen molar-refractivity contribution < 1.29 is 9.21 Å². The summed E-state index contributed by atoms with van der Waals surface area (Å²) in [4.78, 5) is 15.7. The van der Waals surface area contributed by atoms with Gasteiger partial charge in [0.05, 0.1) is 12.8 Å². The van der Waals surface area contributed by atoms with Crippen LogP contribution in [0.25, 0.3) is 0 Å². The van der Waals surface area contributed by atoms with Crippen molar-refractivity contribution in [1.82, 2.24) is 10.3 Å². The number of aromatic nitrogens is 1. The standard InChI is InChI=1S/C12H10N4O2S/c13-6-9(7-16-12-14-3-5-19-12)11(17)15-8-10-2-1-4-18-10/h1-5,7H,8H2,(H,14,16)(H,15,17)/b9-7-. The van der Waals surface area contributed by atoms with Gasteiger partial charge in [-0.25, -0.2) is 4.98 Å². The number of nitriles is 1. The Hall–Kier alpha value is -2.59. The van der Waals surface area contributed by atoms with Crippen molar-refractivity contribution in [3.05, 3.63) is 47.5 Å². The average Bonchev–Trinajstić information content (AvgIpc) is 3.10. The van der Waals surface area contributed by atoms with Crippen LogP contribution in [-0.4, -0.2) is 10.9 Å². The first-order valence-corrected chi connectivity index (χ1v) is 6.24. The van der Waals surface area contributed by atoms with Crippen molar-refractivity contribution in [2.24, 2.45) is 0 Å². The summed E-state index contributed by atoms with van der Waals surface area (Å²) in [7, 11) is 0. The molecule has 0 fully saturated rings. The molecular weight excluding hydrogens is 264 g/mol. The Bertz CT molecular complexity index is 596. The van der Waals surface area contributed by atoms with Crippen LogP contribution in [0, 0.1) is 11.3 Å². The second-order valence-electron chi connectivity index (χ2n) is 3.41. The van der Waals surface area contributed by atoms with E-state index in [9.17, 15) is 4.79 Å². The molecule has 2 N–H and O–H groups in total. The fraction of sp³-hybridized carbons (Fsp3) is 0.0833. The topological polar surface area (TPSA) is 91.0 Å². The molecule has 2 rings (SSSR count). The molecule has 2 heterocycles. The molecule has 0 spiro atoms. The summed E-state index contributed by atoms with van der Waals surface area (Å²) in [5.74, 6) is 0.154. The highest BCUT2D eigenvalue weighted by atomic mass is 32.1. The highest BCUT2D eigenvalue weighted by molar-refractivity contribution is 7.13. The third-order valence-electron chi connectivity index (χ3n) is 2.14. The Labute approximate surface area is 113 Å². The van der Waals surface area contributed by atoms with Gasteiger partial charge >= 0.3 is 0 Å². The molecule has 0 aliphatic rings. The lowest BCUT2D eigenvalue weighted by Crippen LogP contribution is -2.24. The average molecular weight is 274 g/mol. The molecule has 0 aromatic carbocycles. The fourth-order valence-electron chi connectivity index (χ4n) is 1.25. The number of furan rings is 1. The lowest BCUT2D eigenvalue weighted by Gasteiger charge is -2.02. The molecule has 0 unspecified atom stereocenters. The Morgan fingerprint density at radius 1 is 1.63 bits per heavy atom. The smallest absolute Gasteiger partial charge is 0.263 e. The van der Waals surface area contributed by atoms with Gasteiger partial charge in [0.2, 0.25) is 0 Å². The van der Waals surface area contributed by atoms with E-state index in [4.69, 9.17) is 9.68 Å². The van der Waals surface area contributed by atoms with E-state index in [1.165, 1.54) is 23.8 Å². The molecule has 0 bridgehead atoms. The molecule has 2 aromatic heterocycles. The maximum Gasteiger partial charge on any atom is 0.263 e. The van der Waals surface area contributed by atoms with Gasteiger partial charge in [0.25, 0.3) is 5.91 Å². The molecule has 0 saturated heterocycles. The Morgan fingerprint density at radius 3 is 3.16 bits per heavy atom. The summed E-state index contributed by atoms with van der Waals surface area (Å²) in [6, 6.07) is 5.30. The van der Waals surface area contributed by atoms with Crippen molar-refractivity contribution in [1.29, 1.82) is 5.26 Å². The number of amides is 1. The summed E-state index contributed by atoms with van der Waals surface area (Å²) in [5.41, 5.74) is -0.0262. The number of anilines is 1. The Kier molecular flexibility index (Phi) is 4.31. The van der Waals surface area contributed by atoms with Gasteiger partial charge in [-0.3, -0.25) is 4.79 Å². The van der Waals surface area contributed by atoms with E-state index in [2.05, 4.69) is 15.6 Å². The first-order chi connectivity index (χ1) is 9.29. The molecule has 1 amide bonds. The van der Waals surface area contributed by atoms with E-state index in [1.54, 1.807) is 23.7 Å². The van der Waals surface area contributed by atoms with Crippen molar-refractivity contribution >= 4 is 22.4 Å². The molecule has 2 aromatic rings. The molecule has 96 valence electrons. The minimum Gasteiger partial charge on any atom is -0.467 e. The van der Waals surface area contributed by atoms with Crippen molar-refractivity contribution in [3.8, 4) is 6.07 Å². The van der Waals surface area contributed by atoms with Crippen molar-refractivity contribution in [2.45, 2.75) is 6.54 Å². The first kappa shape index (κ1) is 12.9. The van der Waals surface area contributed by atoms with Gasteiger partial charge in [-0.05, 0) is 12.1 Å². The lowest BCUT2D eigenvalue weighted by molar-refractivity contribution is -0.117. The summed E-state index contributed by atoms with van der Waals surface area (Å²) in [6.45, 7) is 0.238. The third kappa shape index (κ3) is 3.69. The van der Waals surface area contributed by atoms with Crippen LogP contribution in [0.5, 0.6) is 0 Å². The van der Waals surface area contributed by atoms with Crippen LogP contribution in [0.15, 0.2) is 46.2 Å². The van der Waals surface area contributed by atoms with Crippen molar-refractivity contribution in [2.75, 3.05) is 5.32 Å². The fourth-order valence-corrected chi connectivity index (χ4v) is 1.75. The number of hydrogen-bond donors (Lipinski definition) is 2. The minimum absolute atomic E-state index is 0.0262. The third-order valence-corrected chi connectivity index (χ3v) is 2.84. The normalized spacial score (nSPS) is 10.8. The number of carbonyl (C=O) groups excluding carboxylic acids is 1. The van der Waals surface area contributed by atoms with Gasteiger partial charge in [0.1, 0.15) is 17.4 Å². The van der Waals surface area contributed by atoms with E-state index < -0.39 is 5.91 Å². The van der Waals surface area contributed by atoms with Crippen LogP contribution in [0.2, 0.25) is 0 Å². The first-order valence-electron chi connectivity index (χ1n) is 5.36. The summed E-state index contributed by atoms with van der Waals surface area (Å²) in [6.07, 6.45) is 4.48. The zero-order valence-corrected chi connectivity index (χ0v) is 10.6. The van der Waals surface area contributed by atoms with Gasteiger partial charge in [-0.2, -0.15) is 5.26 Å². The highest BCUT2D eigenvalue weighted by Gasteiger charge is 2.09. The van der Waals surface area contributed by atoms with E-state index in [0.717, 1.165) is 0 Å². The zero-order chi connectivity index (χ0) is 13.5. The predicted molar refractivity (Wildman–Crippen MR) is 70.0 cm³/mol. The van der Waals surface area contributed by atoms with Gasteiger partial charge in [-0.1, -0.05) is 0 Å². The Morgan fingerprint density at radius 2 is 2.53 bits per heavy atom. The van der Waals surface area contributed by atoms with Crippen LogP contribution < -0.4 is 10.6 Å². The highest BCUT2D eigenvalue weighted by Crippen LogP contribution is 2.10. The second kappa shape index (κ2) is 6.37. The van der Waals surface area contributed by atoms with Crippen LogP contribution in [0.3, 0.4) is 0 Å². The van der Waals surface area contributed by atoms with Gasteiger partial charge < -0.3 is 15.1 Å². The lowest BCUT2D eigenvalue weighted by atomic mass is 10.3. The number of carbonyl (C=O) groups is 1. The molecule has 0 atom stereocenters. The number of rotatable bonds is 5. The molecule has 0 aliphatic heterocycles. The molecule has 0 radical (unpaired) electrons. The summed E-state index contributed by atoms with van der Waals surface area (Å²) < 4.78 is 5.08. The van der Waals surface area contributed by atoms with Crippen LogP contribution in [0.4, 0.5) is 5.13 Å². The number of nitrogens with one attached hydrogen (secondary N) is 2. The van der Waals surface area contributed by atoms with Crippen LogP contribution in [-0.2, 0) is 11.3 Å². The van der Waals surface area contributed by atoms with E-state index in [-0.39, 0.29) is 12.1 Å². The molecule has 19 heavy (non-hydrogen) atoms. The monoisotopic (exact) mass is 274 g/mol. The Balaban J connectivity index is 1.91. The van der Waals surface area contributed by atoms with Gasteiger partial charge in [0, 0.05) is 17.8 Å². The van der Waals surface area contributed by atoms with E-state index >= 15 is 0 Å². The number of thiazole rings is 1. The largest absolute Gasteiger partial charge is 0.467 e. The van der Waals surface area contributed by atoms with Gasteiger partial charge in [0.15, 0.2) is 5.13 Å². The van der Waals surface area contributed by atoms with Crippen LogP contribution >= 0.6 is 11.3 Å². The SMILES string of the molecule is N#C/C(=C/Nc1nccs1)C(=O)NCc1ccco1. The molecule has 7 heteroatoms. The minimum atomic E-state index is -0.469. The van der Waals surface area contributed by atoms with Crippen LogP contribution in [0.1, 0.15) is 5.76 Å². The summed E-state index contributed by atoms with van der Waals surface area (Å²) >= 11 is 1.38. The molecular formula is C12H10N4O2S.